The number of carboxylic acid groups (broad SMARTS) is 1. The highest BCUT2D eigenvalue weighted by molar-refractivity contribution is 7.12. The van der Waals surface area contributed by atoms with Gasteiger partial charge in [-0.2, -0.15) is 13.2 Å². The van der Waals surface area contributed by atoms with Gasteiger partial charge in [-0.3, -0.25) is 4.90 Å². The number of thiophene rings is 1. The van der Waals surface area contributed by atoms with Crippen LogP contribution in [0.15, 0.2) is 11.4 Å². The van der Waals surface area contributed by atoms with Gasteiger partial charge in [0, 0.05) is 37.2 Å². The number of carbonyl (C=O) groups is 1. The molecule has 8 heteroatoms. The number of piperazine rings is 1. The van der Waals surface area contributed by atoms with Crippen LogP contribution < -0.4 is 4.90 Å². The van der Waals surface area contributed by atoms with Crippen molar-refractivity contribution < 1.29 is 23.1 Å². The first-order valence-corrected chi connectivity index (χ1v) is 6.59. The molecule has 2 heterocycles. The lowest BCUT2D eigenvalue weighted by Crippen LogP contribution is -2.49. The van der Waals surface area contributed by atoms with Crippen molar-refractivity contribution in [3.63, 3.8) is 0 Å². The second-order valence-corrected chi connectivity index (χ2v) is 5.26. The second kappa shape index (κ2) is 5.38. The molecule has 19 heavy (non-hydrogen) atoms. The molecule has 4 nitrogen and oxygen atoms in total. The van der Waals surface area contributed by atoms with E-state index in [0.717, 1.165) is 17.0 Å². The fourth-order valence-electron chi connectivity index (χ4n) is 2.02. The molecule has 0 radical (unpaired) electrons. The predicted molar refractivity (Wildman–Crippen MR) is 66.0 cm³/mol. The molecule has 106 valence electrons. The lowest BCUT2D eigenvalue weighted by molar-refractivity contribution is -0.146. The quantitative estimate of drug-likeness (QED) is 0.927. The van der Waals surface area contributed by atoms with Crippen LogP contribution in [0.4, 0.5) is 18.9 Å². The number of halogens is 3. The van der Waals surface area contributed by atoms with Gasteiger partial charge in [-0.25, -0.2) is 4.79 Å². The maximum Gasteiger partial charge on any atom is 0.401 e. The van der Waals surface area contributed by atoms with Crippen LogP contribution in [-0.2, 0) is 0 Å². The lowest BCUT2D eigenvalue weighted by atomic mass is 10.3. The van der Waals surface area contributed by atoms with Gasteiger partial charge < -0.3 is 10.0 Å². The van der Waals surface area contributed by atoms with Crippen molar-refractivity contribution >= 4 is 23.0 Å². The van der Waals surface area contributed by atoms with Crippen LogP contribution in [-0.4, -0.2) is 54.9 Å². The highest BCUT2D eigenvalue weighted by Gasteiger charge is 2.32. The Bertz CT molecular complexity index is 453. The van der Waals surface area contributed by atoms with Crippen LogP contribution in [0.25, 0.3) is 0 Å². The summed E-state index contributed by atoms with van der Waals surface area (Å²) in [4.78, 5) is 14.3. The summed E-state index contributed by atoms with van der Waals surface area (Å²) in [5, 5.41) is 10.5. The minimum atomic E-state index is -4.17. The summed E-state index contributed by atoms with van der Waals surface area (Å²) in [6, 6.07) is 1.56. The van der Waals surface area contributed by atoms with Gasteiger partial charge in [-0.15, -0.1) is 11.3 Å². The Morgan fingerprint density at radius 3 is 2.42 bits per heavy atom. The van der Waals surface area contributed by atoms with E-state index in [1.165, 1.54) is 4.90 Å². The number of anilines is 1. The first kappa shape index (κ1) is 14.1. The van der Waals surface area contributed by atoms with Crippen molar-refractivity contribution in [3.05, 3.63) is 16.3 Å². The molecule has 2 rings (SSSR count). The van der Waals surface area contributed by atoms with Gasteiger partial charge in [0.25, 0.3) is 0 Å². The Balaban J connectivity index is 1.90. The Morgan fingerprint density at radius 1 is 1.32 bits per heavy atom. The Kier molecular flexibility index (Phi) is 4.00. The third-order valence-corrected chi connectivity index (χ3v) is 3.84. The SMILES string of the molecule is O=C(O)c1cc(N2CCN(CC(F)(F)F)CC2)cs1. The van der Waals surface area contributed by atoms with Crippen LogP contribution in [0, 0.1) is 0 Å². The lowest BCUT2D eigenvalue weighted by Gasteiger charge is -2.35. The van der Waals surface area contributed by atoms with E-state index < -0.39 is 18.7 Å². The highest BCUT2D eigenvalue weighted by atomic mass is 32.1. The maximum atomic E-state index is 12.2. The normalized spacial score (nSPS) is 17.7. The molecular weight excluding hydrogens is 281 g/mol. The third kappa shape index (κ3) is 3.84. The van der Waals surface area contributed by atoms with Gasteiger partial charge in [-0.1, -0.05) is 0 Å². The summed E-state index contributed by atoms with van der Waals surface area (Å²) >= 11 is 1.13. The van der Waals surface area contributed by atoms with E-state index in [4.69, 9.17) is 5.11 Å². The first-order chi connectivity index (χ1) is 8.85. The van der Waals surface area contributed by atoms with Gasteiger partial charge in [-0.05, 0) is 6.07 Å². The molecule has 0 aromatic carbocycles. The van der Waals surface area contributed by atoms with E-state index in [1.807, 2.05) is 4.90 Å². The number of alkyl halides is 3. The van der Waals surface area contributed by atoms with Crippen LogP contribution in [0.3, 0.4) is 0 Å². The van der Waals surface area contributed by atoms with Crippen molar-refractivity contribution in [2.45, 2.75) is 6.18 Å². The minimum Gasteiger partial charge on any atom is -0.477 e. The van der Waals surface area contributed by atoms with Crippen molar-refractivity contribution in [2.24, 2.45) is 0 Å². The average Bonchev–Trinajstić information content (AvgIpc) is 2.77. The zero-order valence-electron chi connectivity index (χ0n) is 9.98. The van der Waals surface area contributed by atoms with E-state index in [1.54, 1.807) is 11.4 Å². The van der Waals surface area contributed by atoms with E-state index >= 15 is 0 Å². The number of carboxylic acids is 1. The number of nitrogens with zero attached hydrogens (tertiary/aromatic N) is 2. The Morgan fingerprint density at radius 2 is 1.95 bits per heavy atom. The predicted octanol–water partition coefficient (Wildman–Crippen LogP) is 2.13. The van der Waals surface area contributed by atoms with Crippen molar-refractivity contribution in [2.75, 3.05) is 37.6 Å². The second-order valence-electron chi connectivity index (χ2n) is 4.35. The molecule has 0 amide bonds. The summed E-state index contributed by atoms with van der Waals surface area (Å²) in [7, 11) is 0. The number of hydrogen-bond acceptors (Lipinski definition) is 4. The van der Waals surface area contributed by atoms with Crippen molar-refractivity contribution in [1.29, 1.82) is 0 Å². The maximum absolute atomic E-state index is 12.2. The van der Waals surface area contributed by atoms with Gasteiger partial charge in [0.15, 0.2) is 0 Å². The van der Waals surface area contributed by atoms with Crippen molar-refractivity contribution in [3.8, 4) is 0 Å². The van der Waals surface area contributed by atoms with E-state index in [2.05, 4.69) is 0 Å². The molecule has 0 aliphatic carbocycles. The van der Waals surface area contributed by atoms with E-state index in [9.17, 15) is 18.0 Å². The van der Waals surface area contributed by atoms with Crippen LogP contribution >= 0.6 is 11.3 Å². The van der Waals surface area contributed by atoms with Crippen LogP contribution in [0.1, 0.15) is 9.67 Å². The number of hydrogen-bond donors (Lipinski definition) is 1. The summed E-state index contributed by atoms with van der Waals surface area (Å²) in [5.41, 5.74) is 0.772. The molecule has 0 atom stereocenters. The molecule has 1 fully saturated rings. The molecular formula is C11H13F3N2O2S. The molecule has 0 saturated carbocycles. The van der Waals surface area contributed by atoms with Crippen LogP contribution in [0.2, 0.25) is 0 Å². The van der Waals surface area contributed by atoms with Gasteiger partial charge in [0.2, 0.25) is 0 Å². The monoisotopic (exact) mass is 294 g/mol. The summed E-state index contributed by atoms with van der Waals surface area (Å²) < 4.78 is 36.7. The van der Waals surface area contributed by atoms with Gasteiger partial charge in [0.05, 0.1) is 6.54 Å². The molecule has 1 aromatic rings. The molecule has 1 aliphatic rings. The summed E-state index contributed by atoms with van der Waals surface area (Å²) in [5.74, 6) is -0.980. The Hall–Kier alpha value is -1.28. The van der Waals surface area contributed by atoms with Gasteiger partial charge >= 0.3 is 12.1 Å². The third-order valence-electron chi connectivity index (χ3n) is 2.94. The fraction of sp³-hybridized carbons (Fsp3) is 0.545. The largest absolute Gasteiger partial charge is 0.477 e. The van der Waals surface area contributed by atoms with Gasteiger partial charge in [0.1, 0.15) is 4.88 Å². The molecule has 0 bridgehead atoms. The standard InChI is InChI=1S/C11H13F3N2O2S/c12-11(13,14)7-15-1-3-16(4-2-15)8-5-9(10(17)18)19-6-8/h5-6H,1-4,7H2,(H,17,18). The first-order valence-electron chi connectivity index (χ1n) is 5.71. The Labute approximate surface area is 112 Å². The zero-order valence-corrected chi connectivity index (χ0v) is 10.8. The minimum absolute atomic E-state index is 0.243. The summed E-state index contributed by atoms with van der Waals surface area (Å²) in [6.07, 6.45) is -4.17. The topological polar surface area (TPSA) is 43.8 Å². The molecule has 1 saturated heterocycles. The van der Waals surface area contributed by atoms with Crippen molar-refractivity contribution in [1.82, 2.24) is 4.90 Å². The molecule has 0 spiro atoms. The number of rotatable bonds is 3. The molecule has 1 aromatic heterocycles. The fourth-order valence-corrected chi connectivity index (χ4v) is 2.78. The molecule has 1 N–H and O–H groups in total. The molecule has 0 unspecified atom stereocenters. The summed E-state index contributed by atoms with van der Waals surface area (Å²) in [6.45, 7) is 0.734. The smallest absolute Gasteiger partial charge is 0.401 e. The zero-order chi connectivity index (χ0) is 14.0. The highest BCUT2D eigenvalue weighted by Crippen LogP contribution is 2.25. The molecule has 1 aliphatic heterocycles. The van der Waals surface area contributed by atoms with E-state index in [0.29, 0.717) is 26.2 Å². The average molecular weight is 294 g/mol. The number of aromatic carboxylic acids is 1. The van der Waals surface area contributed by atoms with Crippen LogP contribution in [0.5, 0.6) is 0 Å². The van der Waals surface area contributed by atoms with E-state index in [-0.39, 0.29) is 4.88 Å².